The lowest BCUT2D eigenvalue weighted by Gasteiger charge is -2.36. The van der Waals surface area contributed by atoms with Crippen LogP contribution in [0.5, 0.6) is 23.0 Å². The quantitative estimate of drug-likeness (QED) is 0.305. The minimum atomic E-state index is -1.30. The number of hydrogen-bond acceptors (Lipinski definition) is 7. The van der Waals surface area contributed by atoms with E-state index in [1.807, 2.05) is 12.1 Å². The Morgan fingerprint density at radius 1 is 0.788 bits per heavy atom. The van der Waals surface area contributed by atoms with Crippen molar-refractivity contribution < 1.29 is 33.3 Å². The Bertz CT molecular complexity index is 1250. The van der Waals surface area contributed by atoms with Gasteiger partial charge in [0.2, 0.25) is 0 Å². The molecular weight excluding hydrogens is 471 g/mol. The van der Waals surface area contributed by atoms with Crippen LogP contribution in [0.4, 0.5) is 0 Å². The lowest BCUT2D eigenvalue weighted by atomic mass is 9.77. The second-order valence-electron chi connectivity index (χ2n) is 7.25. The third-order valence-electron chi connectivity index (χ3n) is 5.34. The van der Waals surface area contributed by atoms with Gasteiger partial charge in [-0.2, -0.15) is 0 Å². The lowest BCUT2D eigenvalue weighted by molar-refractivity contribution is -0.132. The zero-order valence-electron chi connectivity index (χ0n) is 16.8. The van der Waals surface area contributed by atoms with E-state index in [0.29, 0.717) is 33.8 Å². The standard InChI is InChI=1S/C24H14Cl2O7/c25-11-21(27)30-13-5-7-17-19(9-13)32-20-10-14(31-22(28)12-26)6-8-18(20)24(17)16-4-2-1-3-15(16)23(29)33-24/h1-10H,11-12H2. The van der Waals surface area contributed by atoms with Crippen LogP contribution in [0.3, 0.4) is 0 Å². The molecule has 0 saturated heterocycles. The predicted molar refractivity (Wildman–Crippen MR) is 117 cm³/mol. The molecule has 0 unspecified atom stereocenters. The second-order valence-corrected chi connectivity index (χ2v) is 7.78. The molecule has 166 valence electrons. The Labute approximate surface area is 197 Å². The van der Waals surface area contributed by atoms with Crippen molar-refractivity contribution in [1.29, 1.82) is 0 Å². The Morgan fingerprint density at radius 2 is 1.33 bits per heavy atom. The van der Waals surface area contributed by atoms with Gasteiger partial charge in [-0.05, 0) is 30.3 Å². The van der Waals surface area contributed by atoms with E-state index in [-0.39, 0.29) is 23.3 Å². The van der Waals surface area contributed by atoms with E-state index >= 15 is 0 Å². The molecule has 7 nitrogen and oxygen atoms in total. The first kappa shape index (κ1) is 21.3. The second kappa shape index (κ2) is 8.10. The van der Waals surface area contributed by atoms with Crippen LogP contribution in [0.1, 0.15) is 27.0 Å². The number of benzene rings is 3. The number of hydrogen-bond donors (Lipinski definition) is 0. The SMILES string of the molecule is O=C(CCl)Oc1ccc2c(c1)Oc1cc(OC(=O)CCl)ccc1C21OC(=O)c2ccccc21. The van der Waals surface area contributed by atoms with Crippen LogP contribution >= 0.6 is 23.2 Å². The van der Waals surface area contributed by atoms with Crippen molar-refractivity contribution in [2.75, 3.05) is 11.8 Å². The number of esters is 3. The van der Waals surface area contributed by atoms with Gasteiger partial charge in [0.1, 0.15) is 34.8 Å². The maximum atomic E-state index is 12.8. The highest BCUT2D eigenvalue weighted by molar-refractivity contribution is 6.26. The first-order valence-electron chi connectivity index (χ1n) is 9.79. The summed E-state index contributed by atoms with van der Waals surface area (Å²) in [5.74, 6) is -1.36. The molecule has 0 amide bonds. The maximum Gasteiger partial charge on any atom is 0.340 e. The minimum Gasteiger partial charge on any atom is -0.456 e. The van der Waals surface area contributed by atoms with E-state index in [2.05, 4.69) is 0 Å². The van der Waals surface area contributed by atoms with E-state index < -0.39 is 23.5 Å². The van der Waals surface area contributed by atoms with Crippen molar-refractivity contribution in [1.82, 2.24) is 0 Å². The summed E-state index contributed by atoms with van der Waals surface area (Å²) in [7, 11) is 0. The van der Waals surface area contributed by atoms with E-state index in [1.54, 1.807) is 36.4 Å². The van der Waals surface area contributed by atoms with Gasteiger partial charge >= 0.3 is 17.9 Å². The Balaban J connectivity index is 1.71. The van der Waals surface area contributed by atoms with Crippen LogP contribution < -0.4 is 14.2 Å². The van der Waals surface area contributed by atoms with Gasteiger partial charge in [-0.1, -0.05) is 18.2 Å². The van der Waals surface area contributed by atoms with E-state index in [4.69, 9.17) is 42.1 Å². The normalized spacial score (nSPS) is 14.4. The van der Waals surface area contributed by atoms with E-state index in [9.17, 15) is 14.4 Å². The van der Waals surface area contributed by atoms with Gasteiger partial charge < -0.3 is 18.9 Å². The molecule has 0 fully saturated rings. The van der Waals surface area contributed by atoms with Crippen molar-refractivity contribution in [2.45, 2.75) is 5.60 Å². The van der Waals surface area contributed by atoms with Crippen LogP contribution in [0.15, 0.2) is 60.7 Å². The van der Waals surface area contributed by atoms with Crippen molar-refractivity contribution in [3.63, 3.8) is 0 Å². The van der Waals surface area contributed by atoms with Gasteiger partial charge in [0.15, 0.2) is 5.60 Å². The summed E-state index contributed by atoms with van der Waals surface area (Å²) in [5.41, 5.74) is 0.845. The monoisotopic (exact) mass is 484 g/mol. The van der Waals surface area contributed by atoms with Crippen molar-refractivity contribution in [3.05, 3.63) is 82.9 Å². The fourth-order valence-electron chi connectivity index (χ4n) is 4.08. The topological polar surface area (TPSA) is 88.1 Å². The maximum absolute atomic E-state index is 12.8. The summed E-state index contributed by atoms with van der Waals surface area (Å²) in [6, 6.07) is 16.6. The predicted octanol–water partition coefficient (Wildman–Crippen LogP) is 4.54. The molecule has 0 atom stereocenters. The molecule has 0 radical (unpaired) electrons. The van der Waals surface area contributed by atoms with Gasteiger partial charge in [-0.15, -0.1) is 23.2 Å². The van der Waals surface area contributed by atoms with Gasteiger partial charge in [-0.25, -0.2) is 4.79 Å². The zero-order valence-corrected chi connectivity index (χ0v) is 18.3. The summed E-state index contributed by atoms with van der Waals surface area (Å²) < 4.78 is 22.5. The number of rotatable bonds is 4. The largest absolute Gasteiger partial charge is 0.456 e. The summed E-state index contributed by atoms with van der Waals surface area (Å²) >= 11 is 11.1. The van der Waals surface area contributed by atoms with Crippen LogP contribution in [0, 0.1) is 0 Å². The Hall–Kier alpha value is -3.55. The summed E-state index contributed by atoms with van der Waals surface area (Å²) in [6.07, 6.45) is 0. The number of fused-ring (bicyclic) bond motifs is 6. The van der Waals surface area contributed by atoms with Crippen LogP contribution in [-0.4, -0.2) is 29.7 Å². The average molecular weight is 485 g/mol. The van der Waals surface area contributed by atoms with Crippen molar-refractivity contribution in [2.24, 2.45) is 0 Å². The molecule has 5 rings (SSSR count). The number of carbonyl (C=O) groups is 3. The van der Waals surface area contributed by atoms with Gasteiger partial charge in [0.05, 0.1) is 5.56 Å². The molecular formula is C24H14Cl2O7. The van der Waals surface area contributed by atoms with Gasteiger partial charge in [0.25, 0.3) is 0 Å². The van der Waals surface area contributed by atoms with E-state index in [1.165, 1.54) is 12.1 Å². The summed E-state index contributed by atoms with van der Waals surface area (Å²) in [4.78, 5) is 36.1. The van der Waals surface area contributed by atoms with Crippen molar-refractivity contribution in [3.8, 4) is 23.0 Å². The van der Waals surface area contributed by atoms with Crippen LogP contribution in [0.2, 0.25) is 0 Å². The molecule has 2 heterocycles. The molecule has 3 aromatic carbocycles. The zero-order chi connectivity index (χ0) is 23.2. The number of carbonyl (C=O) groups excluding carboxylic acids is 3. The molecule has 0 bridgehead atoms. The fraction of sp³-hybridized carbons (Fsp3) is 0.125. The number of alkyl halides is 2. The summed E-state index contributed by atoms with van der Waals surface area (Å²) in [5, 5.41) is 0. The van der Waals surface area contributed by atoms with Crippen LogP contribution in [-0.2, 0) is 19.9 Å². The summed E-state index contributed by atoms with van der Waals surface area (Å²) in [6.45, 7) is 0. The van der Waals surface area contributed by atoms with E-state index in [0.717, 1.165) is 0 Å². The molecule has 9 heteroatoms. The third-order valence-corrected chi connectivity index (χ3v) is 5.77. The minimum absolute atomic E-state index is 0.209. The smallest absolute Gasteiger partial charge is 0.340 e. The highest BCUT2D eigenvalue weighted by atomic mass is 35.5. The first-order valence-corrected chi connectivity index (χ1v) is 10.9. The third kappa shape index (κ3) is 3.41. The Morgan fingerprint density at radius 3 is 1.88 bits per heavy atom. The Kier molecular flexibility index (Phi) is 5.23. The molecule has 33 heavy (non-hydrogen) atoms. The van der Waals surface area contributed by atoms with Gasteiger partial charge in [0, 0.05) is 28.8 Å². The fourth-order valence-corrected chi connectivity index (χ4v) is 4.19. The van der Waals surface area contributed by atoms with Gasteiger partial charge in [-0.3, -0.25) is 9.59 Å². The molecule has 2 aliphatic rings. The molecule has 0 aromatic heterocycles. The first-order chi connectivity index (χ1) is 16.0. The molecule has 0 aliphatic carbocycles. The molecule has 3 aromatic rings. The number of ether oxygens (including phenoxy) is 4. The number of halogens is 2. The highest BCUT2D eigenvalue weighted by Crippen LogP contribution is 2.57. The molecule has 1 spiro atoms. The molecule has 0 N–H and O–H groups in total. The highest BCUT2D eigenvalue weighted by Gasteiger charge is 2.53. The van der Waals surface area contributed by atoms with Crippen LogP contribution in [0.25, 0.3) is 0 Å². The molecule has 0 saturated carbocycles. The average Bonchev–Trinajstić information content (AvgIpc) is 3.11. The molecule has 2 aliphatic heterocycles. The lowest BCUT2D eigenvalue weighted by Crippen LogP contribution is -2.33. The van der Waals surface area contributed by atoms with Crippen molar-refractivity contribution >= 4 is 41.1 Å².